The van der Waals surface area contributed by atoms with Gasteiger partial charge < -0.3 is 10.6 Å². The molecule has 0 bridgehead atoms. The van der Waals surface area contributed by atoms with Crippen LogP contribution in [0, 0.1) is 0 Å². The topological polar surface area (TPSA) is 99.8 Å². The van der Waals surface area contributed by atoms with Crippen LogP contribution in [0.25, 0.3) is 0 Å². The van der Waals surface area contributed by atoms with Gasteiger partial charge in [-0.3, -0.25) is 19.7 Å². The van der Waals surface area contributed by atoms with Crippen LogP contribution in [0.2, 0.25) is 0 Å². The van der Waals surface area contributed by atoms with E-state index in [0.29, 0.717) is 23.5 Å². The molecule has 0 aliphatic rings. The van der Waals surface area contributed by atoms with Gasteiger partial charge in [0.05, 0.1) is 24.1 Å². The quantitative estimate of drug-likeness (QED) is 0.752. The molecule has 2 amide bonds. The van der Waals surface area contributed by atoms with E-state index >= 15 is 0 Å². The second kappa shape index (κ2) is 5.76. The molecule has 2 aromatic heterocycles. The van der Waals surface area contributed by atoms with Gasteiger partial charge in [-0.2, -0.15) is 5.10 Å². The van der Waals surface area contributed by atoms with Crippen LogP contribution in [0.4, 0.5) is 5.69 Å². The van der Waals surface area contributed by atoms with E-state index in [2.05, 4.69) is 25.8 Å². The van der Waals surface area contributed by atoms with E-state index in [1.54, 1.807) is 18.3 Å². The Morgan fingerprint density at radius 1 is 1.42 bits per heavy atom. The number of nitrogens with one attached hydrogen (secondary N) is 3. The Bertz CT molecular complexity index is 580. The van der Waals surface area contributed by atoms with E-state index in [9.17, 15) is 9.59 Å². The molecule has 7 nitrogen and oxygen atoms in total. The summed E-state index contributed by atoms with van der Waals surface area (Å²) >= 11 is 0. The molecule has 0 fully saturated rings. The highest BCUT2D eigenvalue weighted by atomic mass is 16.2. The van der Waals surface area contributed by atoms with Crippen molar-refractivity contribution in [3.05, 3.63) is 42.0 Å². The highest BCUT2D eigenvalue weighted by molar-refractivity contribution is 6.04. The standard InChI is InChI=1S/C12H13N5O2/c1-8(18)14-5-10-4-9(2-3-13-10)12(19)17-11-6-15-16-7-11/h2-4,6-7H,5H2,1H3,(H,14,18)(H,15,16)(H,17,19). The van der Waals surface area contributed by atoms with E-state index in [-0.39, 0.29) is 11.8 Å². The smallest absolute Gasteiger partial charge is 0.255 e. The third kappa shape index (κ3) is 3.63. The van der Waals surface area contributed by atoms with E-state index in [1.165, 1.54) is 19.3 Å². The molecular formula is C12H13N5O2. The van der Waals surface area contributed by atoms with Gasteiger partial charge in [0, 0.05) is 24.9 Å². The van der Waals surface area contributed by atoms with E-state index in [4.69, 9.17) is 0 Å². The third-order valence-corrected chi connectivity index (χ3v) is 2.35. The highest BCUT2D eigenvalue weighted by Gasteiger charge is 2.08. The summed E-state index contributed by atoms with van der Waals surface area (Å²) in [4.78, 5) is 26.8. The Labute approximate surface area is 109 Å². The van der Waals surface area contributed by atoms with Crippen molar-refractivity contribution in [1.82, 2.24) is 20.5 Å². The number of pyridine rings is 1. The highest BCUT2D eigenvalue weighted by Crippen LogP contribution is 2.07. The predicted molar refractivity (Wildman–Crippen MR) is 68.3 cm³/mol. The van der Waals surface area contributed by atoms with Gasteiger partial charge in [-0.15, -0.1) is 0 Å². The lowest BCUT2D eigenvalue weighted by Crippen LogP contribution is -2.20. The number of carbonyl (C=O) groups is 2. The summed E-state index contributed by atoms with van der Waals surface area (Å²) in [6.07, 6.45) is 4.62. The Morgan fingerprint density at radius 3 is 2.95 bits per heavy atom. The number of nitrogens with zero attached hydrogens (tertiary/aromatic N) is 2. The van der Waals surface area contributed by atoms with Crippen LogP contribution >= 0.6 is 0 Å². The van der Waals surface area contributed by atoms with Crippen LogP contribution in [-0.4, -0.2) is 27.0 Å². The minimum Gasteiger partial charge on any atom is -0.351 e. The molecule has 19 heavy (non-hydrogen) atoms. The summed E-state index contributed by atoms with van der Waals surface area (Å²) < 4.78 is 0. The Morgan fingerprint density at radius 2 is 2.26 bits per heavy atom. The Hall–Kier alpha value is -2.70. The number of anilines is 1. The van der Waals surface area contributed by atoms with Gasteiger partial charge in [0.15, 0.2) is 0 Å². The molecule has 0 aliphatic heterocycles. The molecule has 0 unspecified atom stereocenters. The lowest BCUT2D eigenvalue weighted by atomic mass is 10.2. The monoisotopic (exact) mass is 259 g/mol. The van der Waals surface area contributed by atoms with Gasteiger partial charge >= 0.3 is 0 Å². The lowest BCUT2D eigenvalue weighted by Gasteiger charge is -2.05. The number of rotatable bonds is 4. The van der Waals surface area contributed by atoms with Crippen molar-refractivity contribution >= 4 is 17.5 Å². The summed E-state index contributed by atoms with van der Waals surface area (Å²) in [6, 6.07) is 3.23. The Balaban J connectivity index is 2.05. The van der Waals surface area contributed by atoms with Crippen LogP contribution in [0.5, 0.6) is 0 Å². The molecule has 0 radical (unpaired) electrons. The van der Waals surface area contributed by atoms with E-state index < -0.39 is 0 Å². The van der Waals surface area contributed by atoms with Gasteiger partial charge in [-0.25, -0.2) is 0 Å². The number of aromatic nitrogens is 3. The van der Waals surface area contributed by atoms with Crippen molar-refractivity contribution in [1.29, 1.82) is 0 Å². The van der Waals surface area contributed by atoms with Crippen molar-refractivity contribution < 1.29 is 9.59 Å². The average Bonchev–Trinajstić information content (AvgIpc) is 2.89. The van der Waals surface area contributed by atoms with Crippen LogP contribution in [0.1, 0.15) is 23.0 Å². The largest absolute Gasteiger partial charge is 0.351 e. The molecule has 0 saturated heterocycles. The minimum atomic E-state index is -0.257. The molecular weight excluding hydrogens is 246 g/mol. The molecule has 2 heterocycles. The van der Waals surface area contributed by atoms with Crippen molar-refractivity contribution in [2.75, 3.05) is 5.32 Å². The molecule has 2 rings (SSSR count). The lowest BCUT2D eigenvalue weighted by molar-refractivity contribution is -0.119. The number of hydrogen-bond acceptors (Lipinski definition) is 4. The predicted octanol–water partition coefficient (Wildman–Crippen LogP) is 0.693. The second-order valence-corrected chi connectivity index (χ2v) is 3.89. The zero-order chi connectivity index (χ0) is 13.7. The van der Waals surface area contributed by atoms with Gasteiger partial charge in [0.1, 0.15) is 0 Å². The molecule has 0 aromatic carbocycles. The van der Waals surface area contributed by atoms with Gasteiger partial charge in [-0.05, 0) is 12.1 Å². The maximum absolute atomic E-state index is 11.9. The molecule has 3 N–H and O–H groups in total. The fraction of sp³-hybridized carbons (Fsp3) is 0.167. The summed E-state index contributed by atoms with van der Waals surface area (Å²) in [6.45, 7) is 1.72. The molecule has 0 saturated carbocycles. The summed E-state index contributed by atoms with van der Waals surface area (Å²) in [7, 11) is 0. The first-order chi connectivity index (χ1) is 9.15. The van der Waals surface area contributed by atoms with E-state index in [1.807, 2.05) is 0 Å². The van der Waals surface area contributed by atoms with Crippen LogP contribution in [0.15, 0.2) is 30.7 Å². The number of H-pyrrole nitrogens is 1. The SMILES string of the molecule is CC(=O)NCc1cc(C(=O)Nc2cn[nH]c2)ccn1. The van der Waals surface area contributed by atoms with Crippen LogP contribution < -0.4 is 10.6 Å². The van der Waals surface area contributed by atoms with Crippen LogP contribution in [0.3, 0.4) is 0 Å². The fourth-order valence-electron chi connectivity index (χ4n) is 1.45. The zero-order valence-corrected chi connectivity index (χ0v) is 10.3. The molecule has 2 aromatic rings. The summed E-state index contributed by atoms with van der Waals surface area (Å²) in [5.41, 5.74) is 1.68. The average molecular weight is 259 g/mol. The van der Waals surface area contributed by atoms with Crippen molar-refractivity contribution in [2.45, 2.75) is 13.5 Å². The first-order valence-electron chi connectivity index (χ1n) is 5.64. The molecule has 98 valence electrons. The number of hydrogen-bond donors (Lipinski definition) is 3. The number of amides is 2. The van der Waals surface area contributed by atoms with Gasteiger partial charge in [-0.1, -0.05) is 0 Å². The maximum Gasteiger partial charge on any atom is 0.255 e. The molecule has 7 heteroatoms. The van der Waals surface area contributed by atoms with Gasteiger partial charge in [0.2, 0.25) is 5.91 Å². The first kappa shape index (κ1) is 12.7. The van der Waals surface area contributed by atoms with Gasteiger partial charge in [0.25, 0.3) is 5.91 Å². The van der Waals surface area contributed by atoms with E-state index in [0.717, 1.165) is 0 Å². The Kier molecular flexibility index (Phi) is 3.87. The molecule has 0 aliphatic carbocycles. The zero-order valence-electron chi connectivity index (χ0n) is 10.3. The second-order valence-electron chi connectivity index (χ2n) is 3.89. The maximum atomic E-state index is 11.9. The number of carbonyl (C=O) groups excluding carboxylic acids is 2. The van der Waals surface area contributed by atoms with Crippen LogP contribution in [-0.2, 0) is 11.3 Å². The minimum absolute atomic E-state index is 0.143. The van der Waals surface area contributed by atoms with Crippen molar-refractivity contribution in [2.24, 2.45) is 0 Å². The van der Waals surface area contributed by atoms with Crippen molar-refractivity contribution in [3.8, 4) is 0 Å². The number of aromatic amines is 1. The summed E-state index contributed by atoms with van der Waals surface area (Å²) in [5.74, 6) is -0.400. The molecule has 0 atom stereocenters. The van der Waals surface area contributed by atoms with Crippen molar-refractivity contribution in [3.63, 3.8) is 0 Å². The third-order valence-electron chi connectivity index (χ3n) is 2.35. The first-order valence-corrected chi connectivity index (χ1v) is 5.64. The molecule has 0 spiro atoms. The summed E-state index contributed by atoms with van der Waals surface area (Å²) in [5, 5.41) is 11.6. The fourth-order valence-corrected chi connectivity index (χ4v) is 1.45. The normalized spacial score (nSPS) is 9.95.